The fraction of sp³-hybridized carbons (Fsp3) is 0.316. The van der Waals surface area contributed by atoms with Crippen LogP contribution >= 0.6 is 0 Å². The predicted octanol–water partition coefficient (Wildman–Crippen LogP) is 2.43. The summed E-state index contributed by atoms with van der Waals surface area (Å²) in [5.41, 5.74) is 1.04. The van der Waals surface area contributed by atoms with Crippen LogP contribution in [0, 0.1) is 5.92 Å². The number of carbonyl (C=O) groups excluding carboxylic acids is 1. The Kier molecular flexibility index (Phi) is 3.87. The first-order chi connectivity index (χ1) is 12.1. The maximum atomic E-state index is 12.3. The number of aromatic nitrogens is 2. The number of nitrogens with zero attached hydrogens (tertiary/aromatic N) is 2. The first-order valence-corrected chi connectivity index (χ1v) is 8.41. The minimum Gasteiger partial charge on any atom is -0.464 e. The molecule has 6 heteroatoms. The van der Waals surface area contributed by atoms with Crippen LogP contribution in [0.1, 0.15) is 30.8 Å². The number of para-hydroxylation sites is 2. The molecule has 6 nitrogen and oxygen atoms in total. The van der Waals surface area contributed by atoms with Crippen LogP contribution in [0.2, 0.25) is 0 Å². The first-order valence-electron chi connectivity index (χ1n) is 8.41. The van der Waals surface area contributed by atoms with Crippen LogP contribution in [0.3, 0.4) is 0 Å². The number of amides is 1. The largest absolute Gasteiger partial charge is 0.464 e. The molecule has 0 bridgehead atoms. The molecule has 4 rings (SSSR count). The zero-order valence-electron chi connectivity index (χ0n) is 13.9. The van der Waals surface area contributed by atoms with E-state index in [2.05, 4.69) is 17.2 Å². The van der Waals surface area contributed by atoms with Gasteiger partial charge in [0, 0.05) is 5.92 Å². The molecule has 0 radical (unpaired) electrons. The van der Waals surface area contributed by atoms with E-state index in [0.717, 1.165) is 17.9 Å². The zero-order chi connectivity index (χ0) is 17.4. The molecular formula is C19H19N3O3. The van der Waals surface area contributed by atoms with Crippen LogP contribution in [-0.2, 0) is 17.9 Å². The molecule has 1 aliphatic carbocycles. The molecule has 1 aromatic carbocycles. The summed E-state index contributed by atoms with van der Waals surface area (Å²) in [6.45, 7) is 2.47. The zero-order valence-corrected chi connectivity index (χ0v) is 13.9. The van der Waals surface area contributed by atoms with Crippen LogP contribution in [0.5, 0.6) is 0 Å². The number of hydrogen-bond acceptors (Lipinski definition) is 4. The van der Waals surface area contributed by atoms with E-state index in [1.807, 2.05) is 30.3 Å². The van der Waals surface area contributed by atoms with Crippen LogP contribution < -0.4 is 10.9 Å². The van der Waals surface area contributed by atoms with Gasteiger partial charge >= 0.3 is 0 Å². The molecule has 0 spiro atoms. The smallest absolute Gasteiger partial charge is 0.269 e. The van der Waals surface area contributed by atoms with Gasteiger partial charge in [-0.05, 0) is 36.6 Å². The van der Waals surface area contributed by atoms with Crippen molar-refractivity contribution in [2.24, 2.45) is 5.92 Å². The molecule has 0 saturated heterocycles. The standard InChI is InChI=1S/C19H19N3O3/c1-12-8-14(12)17-7-6-13(25-17)9-21-18(23)11-22-16-5-3-2-4-15(16)20-10-19(22)24/h2-7,10,12,14H,8-9,11H2,1H3,(H,21,23)/t12-,14-/m0/s1. The highest BCUT2D eigenvalue weighted by Gasteiger charge is 2.36. The van der Waals surface area contributed by atoms with Crippen molar-refractivity contribution in [3.8, 4) is 0 Å². The Morgan fingerprint density at radius 3 is 2.92 bits per heavy atom. The molecule has 3 aromatic rings. The van der Waals surface area contributed by atoms with Gasteiger partial charge in [0.1, 0.15) is 18.1 Å². The third kappa shape index (κ3) is 3.20. The Balaban J connectivity index is 1.43. The summed E-state index contributed by atoms with van der Waals surface area (Å²) in [4.78, 5) is 28.4. The minimum atomic E-state index is -0.295. The Morgan fingerprint density at radius 1 is 1.32 bits per heavy atom. The number of furan rings is 1. The topological polar surface area (TPSA) is 77.1 Å². The lowest BCUT2D eigenvalue weighted by molar-refractivity contribution is -0.121. The molecule has 0 aliphatic heterocycles. The van der Waals surface area contributed by atoms with Gasteiger partial charge in [-0.25, -0.2) is 4.98 Å². The van der Waals surface area contributed by atoms with E-state index in [1.165, 1.54) is 10.8 Å². The Hall–Kier alpha value is -2.89. The van der Waals surface area contributed by atoms with E-state index in [1.54, 1.807) is 6.07 Å². The van der Waals surface area contributed by atoms with Crippen molar-refractivity contribution < 1.29 is 9.21 Å². The molecular weight excluding hydrogens is 318 g/mol. The van der Waals surface area contributed by atoms with E-state index >= 15 is 0 Å². The number of nitrogens with one attached hydrogen (secondary N) is 1. The minimum absolute atomic E-state index is 0.0465. The molecule has 1 N–H and O–H groups in total. The van der Waals surface area contributed by atoms with Crippen LogP contribution in [0.25, 0.3) is 11.0 Å². The maximum Gasteiger partial charge on any atom is 0.269 e. The highest BCUT2D eigenvalue weighted by atomic mass is 16.3. The van der Waals surface area contributed by atoms with Crippen molar-refractivity contribution in [2.45, 2.75) is 32.4 Å². The third-order valence-electron chi connectivity index (χ3n) is 4.67. The number of fused-ring (bicyclic) bond motifs is 1. The predicted molar refractivity (Wildman–Crippen MR) is 93.1 cm³/mol. The average Bonchev–Trinajstić information content (AvgIpc) is 3.16. The summed E-state index contributed by atoms with van der Waals surface area (Å²) in [7, 11) is 0. The van der Waals surface area contributed by atoms with E-state index in [4.69, 9.17) is 4.42 Å². The molecule has 2 aromatic heterocycles. The van der Waals surface area contributed by atoms with Gasteiger partial charge in [-0.1, -0.05) is 19.1 Å². The molecule has 2 heterocycles. The van der Waals surface area contributed by atoms with Gasteiger partial charge in [0.2, 0.25) is 5.91 Å². The monoisotopic (exact) mass is 337 g/mol. The summed E-state index contributed by atoms with van der Waals surface area (Å²) >= 11 is 0. The number of rotatable bonds is 5. The lowest BCUT2D eigenvalue weighted by atomic mass is 10.3. The Morgan fingerprint density at radius 2 is 2.12 bits per heavy atom. The molecule has 1 fully saturated rings. The second-order valence-electron chi connectivity index (χ2n) is 6.57. The van der Waals surface area contributed by atoms with E-state index in [-0.39, 0.29) is 18.0 Å². The lowest BCUT2D eigenvalue weighted by Gasteiger charge is -2.09. The van der Waals surface area contributed by atoms with Crippen molar-refractivity contribution >= 4 is 16.9 Å². The molecule has 128 valence electrons. The lowest BCUT2D eigenvalue weighted by Crippen LogP contribution is -2.32. The quantitative estimate of drug-likeness (QED) is 0.776. The normalized spacial score (nSPS) is 19.1. The first kappa shape index (κ1) is 15.6. The highest BCUT2D eigenvalue weighted by Crippen LogP contribution is 2.47. The van der Waals surface area contributed by atoms with Crippen molar-refractivity contribution in [1.82, 2.24) is 14.9 Å². The Bertz CT molecular complexity index is 989. The summed E-state index contributed by atoms with van der Waals surface area (Å²) in [5.74, 6) is 2.69. The molecule has 25 heavy (non-hydrogen) atoms. The van der Waals surface area contributed by atoms with Crippen molar-refractivity contribution in [3.63, 3.8) is 0 Å². The Labute approximate surface area is 144 Å². The van der Waals surface area contributed by atoms with Gasteiger partial charge < -0.3 is 9.73 Å². The van der Waals surface area contributed by atoms with E-state index < -0.39 is 0 Å². The third-order valence-corrected chi connectivity index (χ3v) is 4.67. The van der Waals surface area contributed by atoms with Gasteiger partial charge in [0.25, 0.3) is 5.56 Å². The van der Waals surface area contributed by atoms with Gasteiger partial charge in [-0.15, -0.1) is 0 Å². The van der Waals surface area contributed by atoms with Gasteiger partial charge in [0.15, 0.2) is 0 Å². The number of hydrogen-bond donors (Lipinski definition) is 1. The molecule has 1 saturated carbocycles. The molecule has 1 amide bonds. The number of carbonyl (C=O) groups is 1. The summed E-state index contributed by atoms with van der Waals surface area (Å²) in [6.07, 6.45) is 2.41. The van der Waals surface area contributed by atoms with E-state index in [0.29, 0.717) is 29.4 Å². The van der Waals surface area contributed by atoms with Crippen molar-refractivity contribution in [3.05, 3.63) is 64.5 Å². The highest BCUT2D eigenvalue weighted by molar-refractivity contribution is 5.79. The summed E-state index contributed by atoms with van der Waals surface area (Å²) in [6, 6.07) is 11.1. The average molecular weight is 337 g/mol. The summed E-state index contributed by atoms with van der Waals surface area (Å²) in [5, 5.41) is 2.81. The number of benzene rings is 1. The molecule has 0 unspecified atom stereocenters. The van der Waals surface area contributed by atoms with Crippen LogP contribution in [-0.4, -0.2) is 15.5 Å². The van der Waals surface area contributed by atoms with Crippen LogP contribution in [0.4, 0.5) is 0 Å². The SMILES string of the molecule is C[C@H]1C[C@@H]1c1ccc(CNC(=O)Cn2c(=O)cnc3ccccc32)o1. The van der Waals surface area contributed by atoms with Gasteiger partial charge in [0.05, 0.1) is 23.8 Å². The van der Waals surface area contributed by atoms with Gasteiger partial charge in [-0.2, -0.15) is 0 Å². The molecule has 2 atom stereocenters. The summed E-state index contributed by atoms with van der Waals surface area (Å²) < 4.78 is 7.21. The van der Waals surface area contributed by atoms with Crippen molar-refractivity contribution in [2.75, 3.05) is 0 Å². The fourth-order valence-electron chi connectivity index (χ4n) is 3.07. The van der Waals surface area contributed by atoms with Crippen molar-refractivity contribution in [1.29, 1.82) is 0 Å². The maximum absolute atomic E-state index is 12.3. The molecule has 1 aliphatic rings. The van der Waals surface area contributed by atoms with Crippen LogP contribution in [0.15, 0.2) is 51.8 Å². The fourth-order valence-corrected chi connectivity index (χ4v) is 3.07. The van der Waals surface area contributed by atoms with Gasteiger partial charge in [-0.3, -0.25) is 14.2 Å². The second kappa shape index (κ2) is 6.20. The second-order valence-corrected chi connectivity index (χ2v) is 6.57. The van der Waals surface area contributed by atoms with E-state index in [9.17, 15) is 9.59 Å².